The molecular formula is C12H16N2O4. The number of aliphatic hydroxyl groups is 1. The molecular weight excluding hydrogens is 236 g/mol. The molecule has 0 aromatic heterocycles. The highest BCUT2D eigenvalue weighted by atomic mass is 16.5. The van der Waals surface area contributed by atoms with Gasteiger partial charge in [0.05, 0.1) is 0 Å². The minimum Gasteiger partial charge on any atom is -0.490 e. The summed E-state index contributed by atoms with van der Waals surface area (Å²) in [7, 11) is 0. The van der Waals surface area contributed by atoms with E-state index in [1.54, 1.807) is 24.3 Å². The minimum atomic E-state index is -1.71. The fraction of sp³-hybridized carbons (Fsp3) is 0.333. The second-order valence-electron chi connectivity index (χ2n) is 4.13. The molecule has 0 saturated carbocycles. The van der Waals surface area contributed by atoms with Gasteiger partial charge in [0, 0.05) is 12.6 Å². The number of anilines is 1. The molecule has 0 heterocycles. The molecule has 0 aliphatic rings. The van der Waals surface area contributed by atoms with Crippen LogP contribution in [0.4, 0.5) is 5.69 Å². The third-order valence-corrected chi connectivity index (χ3v) is 2.23. The van der Waals surface area contributed by atoms with E-state index < -0.39 is 11.5 Å². The maximum absolute atomic E-state index is 10.9. The Morgan fingerprint density at radius 1 is 1.39 bits per heavy atom. The number of nitrogens with two attached hydrogens (primary N) is 1. The molecule has 18 heavy (non-hydrogen) atoms. The SMILES string of the molecule is CC(=O)Nc1ccc(OC[C@](C)(O)C(N)=O)cc1. The third kappa shape index (κ3) is 4.06. The molecule has 1 aromatic carbocycles. The summed E-state index contributed by atoms with van der Waals surface area (Å²) in [5, 5.41) is 12.2. The number of amides is 2. The monoisotopic (exact) mass is 252 g/mol. The zero-order valence-corrected chi connectivity index (χ0v) is 10.3. The van der Waals surface area contributed by atoms with Crippen molar-refractivity contribution in [2.24, 2.45) is 5.73 Å². The zero-order valence-electron chi connectivity index (χ0n) is 10.3. The maximum Gasteiger partial charge on any atom is 0.252 e. The largest absolute Gasteiger partial charge is 0.490 e. The summed E-state index contributed by atoms with van der Waals surface area (Å²) in [6.45, 7) is 2.46. The molecule has 1 aromatic rings. The molecule has 4 N–H and O–H groups in total. The highest BCUT2D eigenvalue weighted by Crippen LogP contribution is 2.17. The van der Waals surface area contributed by atoms with Crippen molar-refractivity contribution in [2.45, 2.75) is 19.4 Å². The Hall–Kier alpha value is -2.08. The summed E-state index contributed by atoms with van der Waals surface area (Å²) in [5.74, 6) is -0.552. The third-order valence-electron chi connectivity index (χ3n) is 2.23. The van der Waals surface area contributed by atoms with Crippen molar-refractivity contribution in [2.75, 3.05) is 11.9 Å². The van der Waals surface area contributed by atoms with E-state index in [0.717, 1.165) is 0 Å². The molecule has 0 radical (unpaired) electrons. The lowest BCUT2D eigenvalue weighted by Gasteiger charge is -2.19. The molecule has 0 aliphatic heterocycles. The van der Waals surface area contributed by atoms with Gasteiger partial charge in [0.15, 0.2) is 5.60 Å². The first-order valence-corrected chi connectivity index (χ1v) is 5.34. The summed E-state index contributed by atoms with van der Waals surface area (Å²) in [6.07, 6.45) is 0. The van der Waals surface area contributed by atoms with Gasteiger partial charge in [-0.15, -0.1) is 0 Å². The number of nitrogens with one attached hydrogen (secondary N) is 1. The fourth-order valence-electron chi connectivity index (χ4n) is 1.13. The molecule has 0 fully saturated rings. The maximum atomic E-state index is 10.9. The van der Waals surface area contributed by atoms with Gasteiger partial charge in [-0.1, -0.05) is 0 Å². The zero-order chi connectivity index (χ0) is 13.8. The van der Waals surface area contributed by atoms with Crippen molar-refractivity contribution in [3.63, 3.8) is 0 Å². The number of ether oxygens (including phenoxy) is 1. The summed E-state index contributed by atoms with van der Waals surface area (Å²) in [6, 6.07) is 6.52. The van der Waals surface area contributed by atoms with Crippen LogP contribution in [-0.2, 0) is 9.59 Å². The van der Waals surface area contributed by atoms with Gasteiger partial charge in [0.25, 0.3) is 5.91 Å². The van der Waals surface area contributed by atoms with Gasteiger partial charge in [0.2, 0.25) is 5.91 Å². The van der Waals surface area contributed by atoms with Crippen LogP contribution in [0, 0.1) is 0 Å². The van der Waals surface area contributed by atoms with E-state index >= 15 is 0 Å². The van der Waals surface area contributed by atoms with Crippen LogP contribution in [0.3, 0.4) is 0 Å². The summed E-state index contributed by atoms with van der Waals surface area (Å²) >= 11 is 0. The standard InChI is InChI=1S/C12H16N2O4/c1-8(15)14-9-3-5-10(6-4-9)18-7-12(2,17)11(13)16/h3-6,17H,7H2,1-2H3,(H2,13,16)(H,14,15)/t12-/m0/s1. The van der Waals surface area contributed by atoms with E-state index in [1.165, 1.54) is 13.8 Å². The van der Waals surface area contributed by atoms with Crippen molar-refractivity contribution in [1.82, 2.24) is 0 Å². The number of carbonyl (C=O) groups excluding carboxylic acids is 2. The molecule has 0 spiro atoms. The average molecular weight is 252 g/mol. The lowest BCUT2D eigenvalue weighted by atomic mass is 10.1. The van der Waals surface area contributed by atoms with Crippen LogP contribution in [0.5, 0.6) is 5.75 Å². The number of hydrogen-bond donors (Lipinski definition) is 3. The van der Waals surface area contributed by atoms with E-state index in [0.29, 0.717) is 11.4 Å². The summed E-state index contributed by atoms with van der Waals surface area (Å²) in [4.78, 5) is 21.7. The second kappa shape index (κ2) is 5.50. The van der Waals surface area contributed by atoms with Crippen molar-refractivity contribution >= 4 is 17.5 Å². The molecule has 98 valence electrons. The van der Waals surface area contributed by atoms with Crippen LogP contribution in [0.1, 0.15) is 13.8 Å². The number of benzene rings is 1. The smallest absolute Gasteiger partial charge is 0.252 e. The van der Waals surface area contributed by atoms with E-state index in [-0.39, 0.29) is 12.5 Å². The summed E-state index contributed by atoms with van der Waals surface area (Å²) in [5.41, 5.74) is 3.92. The first-order valence-electron chi connectivity index (χ1n) is 5.34. The molecule has 1 rings (SSSR count). The molecule has 1 atom stereocenters. The van der Waals surface area contributed by atoms with Crippen molar-refractivity contribution in [1.29, 1.82) is 0 Å². The quantitative estimate of drug-likeness (QED) is 0.699. The Morgan fingerprint density at radius 2 is 1.94 bits per heavy atom. The predicted molar refractivity (Wildman–Crippen MR) is 66.1 cm³/mol. The molecule has 6 heteroatoms. The van der Waals surface area contributed by atoms with Gasteiger partial charge < -0.3 is 20.9 Å². The van der Waals surface area contributed by atoms with Crippen LogP contribution in [0.25, 0.3) is 0 Å². The Balaban J connectivity index is 2.59. The van der Waals surface area contributed by atoms with Crippen LogP contribution >= 0.6 is 0 Å². The highest BCUT2D eigenvalue weighted by molar-refractivity contribution is 5.88. The molecule has 0 bridgehead atoms. The number of carbonyl (C=O) groups is 2. The summed E-state index contributed by atoms with van der Waals surface area (Å²) < 4.78 is 5.23. The van der Waals surface area contributed by atoms with Gasteiger partial charge >= 0.3 is 0 Å². The number of rotatable bonds is 5. The van der Waals surface area contributed by atoms with E-state index in [4.69, 9.17) is 10.5 Å². The van der Waals surface area contributed by atoms with E-state index in [1.807, 2.05) is 0 Å². The molecule has 2 amide bonds. The normalized spacial score (nSPS) is 13.5. The highest BCUT2D eigenvalue weighted by Gasteiger charge is 2.28. The lowest BCUT2D eigenvalue weighted by Crippen LogP contribution is -2.45. The van der Waals surface area contributed by atoms with Gasteiger partial charge in [-0.2, -0.15) is 0 Å². The Bertz CT molecular complexity index is 440. The Labute approximate surface area is 105 Å². The van der Waals surface area contributed by atoms with Crippen molar-refractivity contribution < 1.29 is 19.4 Å². The van der Waals surface area contributed by atoms with E-state index in [2.05, 4.69) is 5.32 Å². The van der Waals surface area contributed by atoms with Crippen LogP contribution < -0.4 is 15.8 Å². The van der Waals surface area contributed by atoms with Gasteiger partial charge in [-0.3, -0.25) is 9.59 Å². The molecule has 6 nitrogen and oxygen atoms in total. The molecule has 0 aliphatic carbocycles. The van der Waals surface area contributed by atoms with Crippen LogP contribution in [0.2, 0.25) is 0 Å². The second-order valence-corrected chi connectivity index (χ2v) is 4.13. The van der Waals surface area contributed by atoms with Gasteiger partial charge in [-0.05, 0) is 31.2 Å². The van der Waals surface area contributed by atoms with E-state index in [9.17, 15) is 14.7 Å². The van der Waals surface area contributed by atoms with Crippen LogP contribution in [-0.4, -0.2) is 29.1 Å². The number of hydrogen-bond acceptors (Lipinski definition) is 4. The topological polar surface area (TPSA) is 102 Å². The fourth-order valence-corrected chi connectivity index (χ4v) is 1.13. The van der Waals surface area contributed by atoms with Gasteiger partial charge in [0.1, 0.15) is 12.4 Å². The minimum absolute atomic E-state index is 0.166. The van der Waals surface area contributed by atoms with Gasteiger partial charge in [-0.25, -0.2) is 0 Å². The van der Waals surface area contributed by atoms with Crippen molar-refractivity contribution in [3.8, 4) is 5.75 Å². The van der Waals surface area contributed by atoms with Crippen molar-refractivity contribution in [3.05, 3.63) is 24.3 Å². The number of primary amides is 1. The Morgan fingerprint density at radius 3 is 2.39 bits per heavy atom. The first kappa shape index (κ1) is 14.0. The average Bonchev–Trinajstić information content (AvgIpc) is 2.27. The Kier molecular flexibility index (Phi) is 4.28. The first-order chi connectivity index (χ1) is 8.31. The van der Waals surface area contributed by atoms with Crippen LogP contribution in [0.15, 0.2) is 24.3 Å². The lowest BCUT2D eigenvalue weighted by molar-refractivity contribution is -0.137. The molecule has 0 unspecified atom stereocenters. The molecule has 0 saturated heterocycles. The predicted octanol–water partition coefficient (Wildman–Crippen LogP) is 0.260.